The zero-order chi connectivity index (χ0) is 21.6. The fraction of sp³-hybridized carbons (Fsp3) is 0.318. The highest BCUT2D eigenvalue weighted by atomic mass is 16.5. The fourth-order valence-electron chi connectivity index (χ4n) is 3.41. The van der Waals surface area contributed by atoms with E-state index in [0.29, 0.717) is 31.4 Å². The van der Waals surface area contributed by atoms with Crippen LogP contribution in [0, 0.1) is 0 Å². The number of amides is 1. The van der Waals surface area contributed by atoms with Gasteiger partial charge in [0.15, 0.2) is 12.3 Å². The second-order valence-electron chi connectivity index (χ2n) is 7.05. The summed E-state index contributed by atoms with van der Waals surface area (Å²) in [5.74, 6) is 0.636. The van der Waals surface area contributed by atoms with Crippen molar-refractivity contribution in [2.24, 2.45) is 10.2 Å². The van der Waals surface area contributed by atoms with Gasteiger partial charge in [-0.25, -0.2) is 0 Å². The molecule has 1 aromatic heterocycles. The molecule has 0 radical (unpaired) electrons. The van der Waals surface area contributed by atoms with Gasteiger partial charge in [0.1, 0.15) is 11.5 Å². The smallest absolute Gasteiger partial charge is 0.302 e. The van der Waals surface area contributed by atoms with Crippen LogP contribution in [0.5, 0.6) is 17.4 Å². The lowest BCUT2D eigenvalue weighted by molar-refractivity contribution is -0.120. The molecule has 1 aliphatic rings. The Balaban J connectivity index is 1.48. The molecule has 9 nitrogen and oxygen atoms in total. The summed E-state index contributed by atoms with van der Waals surface area (Å²) in [6, 6.07) is 14.4. The van der Waals surface area contributed by atoms with E-state index in [1.54, 1.807) is 35.9 Å². The number of methoxy groups -OCH3 is 1. The third kappa shape index (κ3) is 4.84. The molecule has 1 saturated heterocycles. The predicted molar refractivity (Wildman–Crippen MR) is 114 cm³/mol. The summed E-state index contributed by atoms with van der Waals surface area (Å²) >= 11 is 0. The molecule has 1 amide bonds. The van der Waals surface area contributed by atoms with Gasteiger partial charge in [-0.15, -0.1) is 10.2 Å². The largest absolute Gasteiger partial charge is 0.497 e. The Labute approximate surface area is 179 Å². The number of nitrogens with zero attached hydrogens (tertiary/aromatic N) is 4. The number of morpholine rings is 1. The monoisotopic (exact) mass is 424 g/mol. The van der Waals surface area contributed by atoms with Crippen molar-refractivity contribution >= 4 is 22.5 Å². The second kappa shape index (κ2) is 9.59. The molecule has 2 heterocycles. The Kier molecular flexibility index (Phi) is 6.44. The molecule has 0 atom stereocenters. The molecule has 0 unspecified atom stereocenters. The van der Waals surface area contributed by atoms with Gasteiger partial charge in [0.2, 0.25) is 5.88 Å². The summed E-state index contributed by atoms with van der Waals surface area (Å²) in [6.45, 7) is 3.13. The first kappa shape index (κ1) is 20.8. The number of hydrogen-bond donors (Lipinski definition) is 1. The Hall–Kier alpha value is -3.43. The molecule has 4 rings (SSSR count). The molecular weight excluding hydrogens is 400 g/mol. The number of hydrogen-bond acceptors (Lipinski definition) is 7. The molecule has 1 N–H and O–H groups in total. The van der Waals surface area contributed by atoms with Crippen molar-refractivity contribution in [2.45, 2.75) is 6.67 Å². The summed E-state index contributed by atoms with van der Waals surface area (Å²) in [4.78, 5) is 14.3. The van der Waals surface area contributed by atoms with Crippen molar-refractivity contribution in [3.8, 4) is 17.4 Å². The van der Waals surface area contributed by atoms with Crippen molar-refractivity contribution in [3.63, 3.8) is 0 Å². The lowest BCUT2D eigenvalue weighted by Crippen LogP contribution is -2.37. The zero-order valence-corrected chi connectivity index (χ0v) is 17.2. The van der Waals surface area contributed by atoms with Crippen LogP contribution in [0.2, 0.25) is 0 Å². The normalized spacial score (nSPS) is 14.9. The average Bonchev–Trinajstić information content (AvgIpc) is 3.08. The topological polar surface area (TPSA) is 97.9 Å². The van der Waals surface area contributed by atoms with E-state index in [1.165, 1.54) is 0 Å². The van der Waals surface area contributed by atoms with Crippen LogP contribution in [-0.4, -0.2) is 60.5 Å². The molecule has 1 fully saturated rings. The summed E-state index contributed by atoms with van der Waals surface area (Å²) in [5, 5.41) is 19.3. The van der Waals surface area contributed by atoms with E-state index < -0.39 is 5.91 Å². The molecule has 2 aromatic carbocycles. The number of aromatic hydroxyl groups is 1. The molecule has 0 bridgehead atoms. The number of aromatic nitrogens is 1. The Morgan fingerprint density at radius 1 is 1.10 bits per heavy atom. The minimum atomic E-state index is -0.555. The van der Waals surface area contributed by atoms with E-state index in [0.717, 1.165) is 24.0 Å². The second-order valence-corrected chi connectivity index (χ2v) is 7.05. The van der Waals surface area contributed by atoms with E-state index in [-0.39, 0.29) is 18.2 Å². The van der Waals surface area contributed by atoms with E-state index >= 15 is 0 Å². The number of ether oxygens (including phenoxy) is 3. The van der Waals surface area contributed by atoms with Gasteiger partial charge in [-0.3, -0.25) is 14.3 Å². The average molecular weight is 424 g/mol. The molecule has 1 aliphatic heterocycles. The van der Waals surface area contributed by atoms with Gasteiger partial charge in [-0.2, -0.15) is 0 Å². The third-order valence-electron chi connectivity index (χ3n) is 5.05. The number of carbonyl (C=O) groups is 1. The van der Waals surface area contributed by atoms with Crippen molar-refractivity contribution in [1.29, 1.82) is 0 Å². The molecule has 3 aromatic rings. The predicted octanol–water partition coefficient (Wildman–Crippen LogP) is 3.33. The van der Waals surface area contributed by atoms with E-state index in [4.69, 9.17) is 14.2 Å². The molecule has 162 valence electrons. The minimum absolute atomic E-state index is 0.0275. The molecule has 0 saturated carbocycles. The first-order chi connectivity index (χ1) is 15.2. The van der Waals surface area contributed by atoms with Crippen LogP contribution in [-0.2, 0) is 16.2 Å². The number of para-hydroxylation sites is 1. The molecule has 9 heteroatoms. The highest BCUT2D eigenvalue weighted by Gasteiger charge is 2.19. The fourth-order valence-corrected chi connectivity index (χ4v) is 3.41. The first-order valence-electron chi connectivity index (χ1n) is 9.97. The van der Waals surface area contributed by atoms with Crippen LogP contribution in [0.25, 0.3) is 10.9 Å². The van der Waals surface area contributed by atoms with Crippen LogP contribution >= 0.6 is 0 Å². The van der Waals surface area contributed by atoms with Crippen LogP contribution in [0.3, 0.4) is 0 Å². The summed E-state index contributed by atoms with van der Waals surface area (Å²) in [6.07, 6.45) is 0. The van der Waals surface area contributed by atoms with Crippen LogP contribution in [0.4, 0.5) is 5.69 Å². The van der Waals surface area contributed by atoms with Crippen molar-refractivity contribution in [3.05, 3.63) is 48.5 Å². The van der Waals surface area contributed by atoms with Gasteiger partial charge >= 0.3 is 5.91 Å². The zero-order valence-electron chi connectivity index (χ0n) is 17.2. The van der Waals surface area contributed by atoms with E-state index in [1.807, 2.05) is 24.3 Å². The van der Waals surface area contributed by atoms with Gasteiger partial charge in [0.25, 0.3) is 0 Å². The quantitative estimate of drug-likeness (QED) is 0.584. The van der Waals surface area contributed by atoms with Crippen molar-refractivity contribution < 1.29 is 24.1 Å². The minimum Gasteiger partial charge on any atom is -0.497 e. The summed E-state index contributed by atoms with van der Waals surface area (Å²) < 4.78 is 17.7. The maximum atomic E-state index is 12.2. The van der Waals surface area contributed by atoms with Crippen LogP contribution in [0.15, 0.2) is 58.8 Å². The van der Waals surface area contributed by atoms with Crippen LogP contribution < -0.4 is 9.47 Å². The Bertz CT molecular complexity index is 1070. The van der Waals surface area contributed by atoms with Crippen molar-refractivity contribution in [2.75, 3.05) is 40.0 Å². The number of benzene rings is 2. The number of rotatable bonds is 7. The summed E-state index contributed by atoms with van der Waals surface area (Å²) in [7, 11) is 1.58. The standard InChI is InChI=1S/C22H24N4O5/c1-29-16-6-8-17(9-7-16)31-14-20(27)23-24-21-18-4-2-3-5-19(18)26(22(21)28)15-25-10-12-30-13-11-25/h2-9,28H,10-15H2,1H3. The van der Waals surface area contributed by atoms with Gasteiger partial charge in [-0.05, 0) is 30.3 Å². The maximum Gasteiger partial charge on any atom is 0.302 e. The summed E-state index contributed by atoms with van der Waals surface area (Å²) in [5.41, 5.74) is 1.09. The van der Waals surface area contributed by atoms with Gasteiger partial charge in [0, 0.05) is 18.5 Å². The maximum absolute atomic E-state index is 12.2. The highest BCUT2D eigenvalue weighted by Crippen LogP contribution is 2.39. The van der Waals surface area contributed by atoms with Gasteiger partial charge in [-0.1, -0.05) is 18.2 Å². The number of fused-ring (bicyclic) bond motifs is 1. The molecular formula is C22H24N4O5. The molecule has 0 spiro atoms. The molecule has 31 heavy (non-hydrogen) atoms. The van der Waals surface area contributed by atoms with Gasteiger partial charge in [0.05, 0.1) is 32.5 Å². The number of carbonyl (C=O) groups excluding carboxylic acids is 1. The highest BCUT2D eigenvalue weighted by molar-refractivity contribution is 5.95. The van der Waals surface area contributed by atoms with E-state index in [2.05, 4.69) is 15.1 Å². The SMILES string of the molecule is COc1ccc(OCC(=O)N=Nc2c(O)n(CN3CCOCC3)c3ccccc23)cc1. The Morgan fingerprint density at radius 3 is 2.55 bits per heavy atom. The van der Waals surface area contributed by atoms with Crippen LogP contribution in [0.1, 0.15) is 0 Å². The third-order valence-corrected chi connectivity index (χ3v) is 5.05. The first-order valence-corrected chi connectivity index (χ1v) is 9.97. The Morgan fingerprint density at radius 2 is 1.81 bits per heavy atom. The lowest BCUT2D eigenvalue weighted by Gasteiger charge is -2.27. The van der Waals surface area contributed by atoms with Crippen molar-refractivity contribution in [1.82, 2.24) is 9.47 Å². The lowest BCUT2D eigenvalue weighted by atomic mass is 10.2. The van der Waals surface area contributed by atoms with Gasteiger partial charge < -0.3 is 19.3 Å². The molecule has 0 aliphatic carbocycles. The number of azo groups is 1. The van der Waals surface area contributed by atoms with E-state index in [9.17, 15) is 9.90 Å².